The molecule has 2 aliphatic rings. The van der Waals surface area contributed by atoms with E-state index in [4.69, 9.17) is 4.74 Å². The molecular weight excluding hydrogens is 252 g/mol. The van der Waals surface area contributed by atoms with Crippen LogP contribution in [-0.2, 0) is 9.53 Å². The van der Waals surface area contributed by atoms with Gasteiger partial charge in [0.15, 0.2) is 0 Å². The van der Waals surface area contributed by atoms with Crippen LogP contribution in [-0.4, -0.2) is 48.7 Å². The lowest BCUT2D eigenvalue weighted by atomic mass is 9.88. The van der Waals surface area contributed by atoms with Crippen molar-refractivity contribution in [3.8, 4) is 0 Å². The van der Waals surface area contributed by atoms with E-state index in [1.54, 1.807) is 0 Å². The van der Waals surface area contributed by atoms with Gasteiger partial charge in [-0.3, -0.25) is 4.90 Å². The van der Waals surface area contributed by atoms with Crippen molar-refractivity contribution in [2.24, 2.45) is 5.92 Å². The second kappa shape index (κ2) is 6.44. The molecule has 4 heteroatoms. The number of likely N-dealkylation sites (tertiary alicyclic amines) is 1. The third kappa shape index (κ3) is 3.01. The molecule has 1 saturated heterocycles. The number of esters is 1. The van der Waals surface area contributed by atoms with Crippen molar-refractivity contribution in [3.05, 3.63) is 0 Å². The molecular formula is C16H30N2O2. The summed E-state index contributed by atoms with van der Waals surface area (Å²) in [5, 5.41) is 3.48. The number of hydrogen-bond acceptors (Lipinski definition) is 4. The molecule has 2 fully saturated rings. The van der Waals surface area contributed by atoms with Gasteiger partial charge in [0.05, 0.1) is 7.11 Å². The van der Waals surface area contributed by atoms with Crippen LogP contribution in [0.25, 0.3) is 0 Å². The van der Waals surface area contributed by atoms with Crippen LogP contribution in [0.1, 0.15) is 52.9 Å². The van der Waals surface area contributed by atoms with Gasteiger partial charge in [-0.25, -0.2) is 4.79 Å². The van der Waals surface area contributed by atoms with Crippen molar-refractivity contribution in [2.45, 2.75) is 70.5 Å². The third-order valence-electron chi connectivity index (χ3n) is 5.12. The molecule has 3 atom stereocenters. The largest absolute Gasteiger partial charge is 0.468 e. The number of ether oxygens (including phenoxy) is 1. The van der Waals surface area contributed by atoms with E-state index in [-0.39, 0.29) is 5.97 Å². The molecule has 1 saturated carbocycles. The normalized spacial score (nSPS) is 30.8. The zero-order chi connectivity index (χ0) is 14.8. The number of piperidine rings is 1. The Kier molecular flexibility index (Phi) is 5.08. The van der Waals surface area contributed by atoms with E-state index < -0.39 is 5.54 Å². The first-order chi connectivity index (χ1) is 9.55. The van der Waals surface area contributed by atoms with Crippen molar-refractivity contribution < 1.29 is 9.53 Å². The SMILES string of the molecule is CCNC(CN1[C@H](C)CCC[C@@H]1C)(C(=O)OC)C1CC1. The minimum Gasteiger partial charge on any atom is -0.468 e. The third-order valence-corrected chi connectivity index (χ3v) is 5.12. The van der Waals surface area contributed by atoms with E-state index >= 15 is 0 Å². The van der Waals surface area contributed by atoms with E-state index in [0.29, 0.717) is 18.0 Å². The van der Waals surface area contributed by atoms with Gasteiger partial charge in [-0.15, -0.1) is 0 Å². The average Bonchev–Trinajstić information content (AvgIpc) is 3.26. The highest BCUT2D eigenvalue weighted by Crippen LogP contribution is 2.42. The zero-order valence-corrected chi connectivity index (χ0v) is 13.4. The van der Waals surface area contributed by atoms with Crippen LogP contribution in [0.3, 0.4) is 0 Å². The lowest BCUT2D eigenvalue weighted by molar-refractivity contribution is -0.151. The lowest BCUT2D eigenvalue weighted by Crippen LogP contribution is -2.63. The summed E-state index contributed by atoms with van der Waals surface area (Å²) >= 11 is 0. The second-order valence-electron chi connectivity index (χ2n) is 6.57. The minimum absolute atomic E-state index is 0.0770. The first-order valence-electron chi connectivity index (χ1n) is 8.14. The van der Waals surface area contributed by atoms with Gasteiger partial charge in [0.2, 0.25) is 0 Å². The van der Waals surface area contributed by atoms with E-state index in [2.05, 4.69) is 31.0 Å². The molecule has 0 radical (unpaired) electrons. The monoisotopic (exact) mass is 282 g/mol. The van der Waals surface area contributed by atoms with Crippen molar-refractivity contribution in [1.29, 1.82) is 0 Å². The Morgan fingerprint density at radius 3 is 2.30 bits per heavy atom. The molecule has 4 nitrogen and oxygen atoms in total. The smallest absolute Gasteiger partial charge is 0.327 e. The molecule has 20 heavy (non-hydrogen) atoms. The van der Waals surface area contributed by atoms with Crippen LogP contribution in [0.2, 0.25) is 0 Å². The second-order valence-corrected chi connectivity index (χ2v) is 6.57. The molecule has 1 heterocycles. The molecule has 1 unspecified atom stereocenters. The molecule has 0 aromatic carbocycles. The number of carbonyl (C=O) groups excluding carboxylic acids is 1. The quantitative estimate of drug-likeness (QED) is 0.758. The molecule has 0 aromatic rings. The molecule has 116 valence electrons. The van der Waals surface area contributed by atoms with E-state index in [1.165, 1.54) is 26.4 Å². The van der Waals surface area contributed by atoms with Crippen molar-refractivity contribution >= 4 is 5.97 Å². The van der Waals surface area contributed by atoms with Crippen molar-refractivity contribution in [1.82, 2.24) is 10.2 Å². The maximum Gasteiger partial charge on any atom is 0.327 e. The Hall–Kier alpha value is -0.610. The highest BCUT2D eigenvalue weighted by molar-refractivity contribution is 5.82. The molecule has 1 aliphatic heterocycles. The average molecular weight is 282 g/mol. The van der Waals surface area contributed by atoms with Gasteiger partial charge in [0, 0.05) is 18.6 Å². The number of hydrogen-bond donors (Lipinski definition) is 1. The first-order valence-corrected chi connectivity index (χ1v) is 8.14. The summed E-state index contributed by atoms with van der Waals surface area (Å²) in [7, 11) is 1.51. The number of likely N-dealkylation sites (N-methyl/N-ethyl adjacent to an activating group) is 1. The fourth-order valence-corrected chi connectivity index (χ4v) is 3.78. The van der Waals surface area contributed by atoms with Gasteiger partial charge in [-0.05, 0) is 52.0 Å². The Labute approximate surface area is 123 Å². The van der Waals surface area contributed by atoms with Crippen molar-refractivity contribution in [2.75, 3.05) is 20.2 Å². The molecule has 0 spiro atoms. The van der Waals surface area contributed by atoms with Crippen LogP contribution < -0.4 is 5.32 Å². The van der Waals surface area contributed by atoms with Gasteiger partial charge in [-0.2, -0.15) is 0 Å². The van der Waals surface area contributed by atoms with Crippen LogP contribution in [0.5, 0.6) is 0 Å². The Balaban J connectivity index is 2.19. The van der Waals surface area contributed by atoms with Gasteiger partial charge in [0.1, 0.15) is 5.54 Å². The molecule has 1 aliphatic carbocycles. The molecule has 0 aromatic heterocycles. The molecule has 1 N–H and O–H groups in total. The maximum atomic E-state index is 12.5. The molecule has 2 rings (SSSR count). The van der Waals surface area contributed by atoms with Gasteiger partial charge in [-0.1, -0.05) is 13.3 Å². The summed E-state index contributed by atoms with van der Waals surface area (Å²) in [6.45, 7) is 8.25. The van der Waals surface area contributed by atoms with E-state index in [9.17, 15) is 4.79 Å². The van der Waals surface area contributed by atoms with Crippen molar-refractivity contribution in [3.63, 3.8) is 0 Å². The fourth-order valence-electron chi connectivity index (χ4n) is 3.78. The summed E-state index contributed by atoms with van der Waals surface area (Å²) in [6, 6.07) is 1.11. The maximum absolute atomic E-state index is 12.5. The lowest BCUT2D eigenvalue weighted by Gasteiger charge is -2.45. The van der Waals surface area contributed by atoms with Crippen LogP contribution in [0.4, 0.5) is 0 Å². The van der Waals surface area contributed by atoms with Gasteiger partial charge < -0.3 is 10.1 Å². The Morgan fingerprint density at radius 2 is 1.85 bits per heavy atom. The standard InChI is InChI=1S/C16H30N2O2/c1-5-17-16(14-9-10-14,15(19)20-4)11-18-12(2)7-6-8-13(18)3/h12-14,17H,5-11H2,1-4H3/t12-,13+,16?. The Bertz CT molecular complexity index is 333. The predicted molar refractivity (Wildman–Crippen MR) is 80.6 cm³/mol. The predicted octanol–water partition coefficient (Wildman–Crippen LogP) is 2.18. The summed E-state index contributed by atoms with van der Waals surface area (Å²) < 4.78 is 5.15. The summed E-state index contributed by atoms with van der Waals surface area (Å²) in [5.41, 5.74) is -0.497. The number of nitrogens with one attached hydrogen (secondary N) is 1. The van der Waals surface area contributed by atoms with Crippen LogP contribution in [0, 0.1) is 5.92 Å². The van der Waals surface area contributed by atoms with E-state index in [1.807, 2.05) is 0 Å². The Morgan fingerprint density at radius 1 is 1.25 bits per heavy atom. The highest BCUT2D eigenvalue weighted by atomic mass is 16.5. The van der Waals surface area contributed by atoms with Gasteiger partial charge in [0.25, 0.3) is 0 Å². The topological polar surface area (TPSA) is 41.6 Å². The minimum atomic E-state index is -0.497. The van der Waals surface area contributed by atoms with E-state index in [0.717, 1.165) is 25.9 Å². The highest BCUT2D eigenvalue weighted by Gasteiger charge is 2.53. The fraction of sp³-hybridized carbons (Fsp3) is 0.938. The molecule has 0 bridgehead atoms. The first kappa shape index (κ1) is 15.8. The summed E-state index contributed by atoms with van der Waals surface area (Å²) in [4.78, 5) is 15.0. The summed E-state index contributed by atoms with van der Waals surface area (Å²) in [5.74, 6) is 0.364. The molecule has 0 amide bonds. The number of carbonyl (C=O) groups is 1. The number of rotatable bonds is 6. The zero-order valence-electron chi connectivity index (χ0n) is 13.4. The number of methoxy groups -OCH3 is 1. The van der Waals surface area contributed by atoms with Crippen LogP contribution >= 0.6 is 0 Å². The summed E-state index contributed by atoms with van der Waals surface area (Å²) in [6.07, 6.45) is 6.04. The van der Waals surface area contributed by atoms with Gasteiger partial charge >= 0.3 is 5.97 Å². The number of nitrogens with zero attached hydrogens (tertiary/aromatic N) is 1. The van der Waals surface area contributed by atoms with Crippen LogP contribution in [0.15, 0.2) is 0 Å².